The molecule has 0 amide bonds. The van der Waals surface area contributed by atoms with E-state index in [-0.39, 0.29) is 0 Å². The SMILES string of the molecule is C=C[CH2][Al]([CH2]C=C)[O]c1ccccc1. The summed E-state index contributed by atoms with van der Waals surface area (Å²) in [6.45, 7) is 7.49. The van der Waals surface area contributed by atoms with Crippen LogP contribution in [0.3, 0.4) is 0 Å². The first kappa shape index (κ1) is 11.1. The van der Waals surface area contributed by atoms with E-state index in [0.717, 1.165) is 16.3 Å². The summed E-state index contributed by atoms with van der Waals surface area (Å²) in [4.78, 5) is 0. The molecule has 0 saturated carbocycles. The van der Waals surface area contributed by atoms with Gasteiger partial charge < -0.3 is 3.79 Å². The van der Waals surface area contributed by atoms with Gasteiger partial charge in [-0.1, -0.05) is 18.2 Å². The number of benzene rings is 1. The molecule has 0 N–H and O–H groups in total. The van der Waals surface area contributed by atoms with Gasteiger partial charge in [-0.15, -0.1) is 25.3 Å². The summed E-state index contributed by atoms with van der Waals surface area (Å²) in [6, 6.07) is 9.95. The van der Waals surface area contributed by atoms with Crippen LogP contribution < -0.4 is 3.79 Å². The van der Waals surface area contributed by atoms with Crippen LogP contribution in [-0.4, -0.2) is 14.5 Å². The Balaban J connectivity index is 2.54. The maximum Gasteiger partial charge on any atom is 0.554 e. The predicted molar refractivity (Wildman–Crippen MR) is 62.8 cm³/mol. The highest BCUT2D eigenvalue weighted by Crippen LogP contribution is 2.13. The highest BCUT2D eigenvalue weighted by Gasteiger charge is 2.19. The van der Waals surface area contributed by atoms with Gasteiger partial charge in [0.25, 0.3) is 0 Å². The lowest BCUT2D eigenvalue weighted by atomic mass is 10.3. The number of rotatable bonds is 6. The number of allylic oxidation sites excluding steroid dienone is 2. The Kier molecular flexibility index (Phi) is 5.14. The van der Waals surface area contributed by atoms with E-state index < -0.39 is 14.5 Å². The van der Waals surface area contributed by atoms with Crippen molar-refractivity contribution in [1.82, 2.24) is 0 Å². The van der Waals surface area contributed by atoms with Crippen LogP contribution >= 0.6 is 0 Å². The number of hydrogen-bond acceptors (Lipinski definition) is 1. The Labute approximate surface area is 90.4 Å². The maximum atomic E-state index is 5.89. The molecule has 0 atom stereocenters. The van der Waals surface area contributed by atoms with E-state index in [1.54, 1.807) is 0 Å². The third kappa shape index (κ3) is 3.83. The minimum Gasteiger partial charge on any atom is -0.642 e. The molecular weight excluding hydrogens is 187 g/mol. The third-order valence-electron chi connectivity index (χ3n) is 1.91. The molecule has 0 heterocycles. The van der Waals surface area contributed by atoms with Crippen LogP contribution in [0.2, 0.25) is 10.6 Å². The van der Waals surface area contributed by atoms with Crippen molar-refractivity contribution in [2.75, 3.05) is 0 Å². The normalized spacial score (nSPS) is 9.14. The van der Waals surface area contributed by atoms with Gasteiger partial charge in [-0.25, -0.2) is 0 Å². The van der Waals surface area contributed by atoms with Crippen molar-refractivity contribution < 1.29 is 3.79 Å². The van der Waals surface area contributed by atoms with Crippen molar-refractivity contribution in [3.8, 4) is 5.75 Å². The lowest BCUT2D eigenvalue weighted by Crippen LogP contribution is -2.19. The first-order valence-electron chi connectivity index (χ1n) is 4.80. The molecule has 0 radical (unpaired) electrons. The lowest BCUT2D eigenvalue weighted by Gasteiger charge is -2.11. The second kappa shape index (κ2) is 6.48. The van der Waals surface area contributed by atoms with Gasteiger partial charge in [0.15, 0.2) is 0 Å². The van der Waals surface area contributed by atoms with E-state index in [1.807, 2.05) is 42.5 Å². The summed E-state index contributed by atoms with van der Waals surface area (Å²) in [6.07, 6.45) is 3.87. The molecule has 0 aliphatic rings. The summed E-state index contributed by atoms with van der Waals surface area (Å²) >= 11 is -1.20. The zero-order chi connectivity index (χ0) is 10.2. The van der Waals surface area contributed by atoms with Crippen molar-refractivity contribution in [3.63, 3.8) is 0 Å². The molecule has 72 valence electrons. The molecule has 0 aliphatic carbocycles. The smallest absolute Gasteiger partial charge is 0.554 e. The molecule has 1 nitrogen and oxygen atoms in total. The largest absolute Gasteiger partial charge is 0.642 e. The summed E-state index contributed by atoms with van der Waals surface area (Å²) < 4.78 is 5.89. The van der Waals surface area contributed by atoms with Crippen molar-refractivity contribution in [1.29, 1.82) is 0 Å². The van der Waals surface area contributed by atoms with E-state index >= 15 is 0 Å². The number of para-hydroxylation sites is 1. The molecule has 1 aromatic rings. The Hall–Kier alpha value is -0.968. The van der Waals surface area contributed by atoms with Gasteiger partial charge in [-0.05, 0) is 22.7 Å². The molecule has 0 aromatic heterocycles. The summed E-state index contributed by atoms with van der Waals surface area (Å²) in [5, 5.41) is 1.97. The standard InChI is InChI=1S/C6H6O.2C3H5.Al/c7-6-4-2-1-3-5-6;2*1-3-2;/h1-5,7H;2*3H,1-2H2;/q;;;+1/p-1. The van der Waals surface area contributed by atoms with Gasteiger partial charge in [0.2, 0.25) is 0 Å². The molecule has 14 heavy (non-hydrogen) atoms. The van der Waals surface area contributed by atoms with Gasteiger partial charge in [-0.2, -0.15) is 0 Å². The maximum absolute atomic E-state index is 5.89. The molecular formula is C12H15AlO. The van der Waals surface area contributed by atoms with Crippen LogP contribution in [0.4, 0.5) is 0 Å². The van der Waals surface area contributed by atoms with Crippen molar-refractivity contribution >= 4 is 14.5 Å². The highest BCUT2D eigenvalue weighted by atomic mass is 27.2. The highest BCUT2D eigenvalue weighted by molar-refractivity contribution is 6.53. The summed E-state index contributed by atoms with van der Waals surface area (Å²) in [7, 11) is 0. The molecule has 0 fully saturated rings. The third-order valence-corrected chi connectivity index (χ3v) is 4.23. The zero-order valence-electron chi connectivity index (χ0n) is 8.36. The van der Waals surface area contributed by atoms with E-state index in [4.69, 9.17) is 3.79 Å². The van der Waals surface area contributed by atoms with Gasteiger partial charge in [-0.3, -0.25) is 0 Å². The van der Waals surface area contributed by atoms with Crippen molar-refractivity contribution in [2.24, 2.45) is 0 Å². The molecule has 1 rings (SSSR count). The zero-order valence-corrected chi connectivity index (χ0v) is 9.51. The van der Waals surface area contributed by atoms with Crippen LogP contribution in [0.5, 0.6) is 5.75 Å². The fraction of sp³-hybridized carbons (Fsp3) is 0.167. The molecule has 0 spiro atoms. The molecule has 0 bridgehead atoms. The van der Waals surface area contributed by atoms with Gasteiger partial charge >= 0.3 is 14.5 Å². The lowest BCUT2D eigenvalue weighted by molar-refractivity contribution is 0.572. The molecule has 1 aromatic carbocycles. The van der Waals surface area contributed by atoms with Gasteiger partial charge in [0.1, 0.15) is 0 Å². The minimum absolute atomic E-state index is 0.966. The number of hydrogen-bond donors (Lipinski definition) is 0. The molecule has 0 aliphatic heterocycles. The average molecular weight is 202 g/mol. The van der Waals surface area contributed by atoms with Gasteiger partial charge in [0.05, 0.1) is 5.75 Å². The second-order valence-corrected chi connectivity index (χ2v) is 5.52. The van der Waals surface area contributed by atoms with E-state index in [2.05, 4.69) is 13.2 Å². The fourth-order valence-electron chi connectivity index (χ4n) is 1.26. The summed E-state index contributed by atoms with van der Waals surface area (Å²) in [5.41, 5.74) is 0. The molecule has 0 saturated heterocycles. The van der Waals surface area contributed by atoms with Crippen LogP contribution in [0.25, 0.3) is 0 Å². The topological polar surface area (TPSA) is 9.23 Å². The van der Waals surface area contributed by atoms with Gasteiger partial charge in [0, 0.05) is 0 Å². The van der Waals surface area contributed by atoms with Crippen LogP contribution in [0.15, 0.2) is 55.6 Å². The Bertz CT molecular complexity index is 272. The molecule has 0 unspecified atom stereocenters. The van der Waals surface area contributed by atoms with Crippen molar-refractivity contribution in [3.05, 3.63) is 55.6 Å². The fourth-order valence-corrected chi connectivity index (χ4v) is 2.93. The van der Waals surface area contributed by atoms with Crippen LogP contribution in [-0.2, 0) is 0 Å². The van der Waals surface area contributed by atoms with Crippen LogP contribution in [0.1, 0.15) is 0 Å². The van der Waals surface area contributed by atoms with Crippen molar-refractivity contribution in [2.45, 2.75) is 10.6 Å². The predicted octanol–water partition coefficient (Wildman–Crippen LogP) is 3.43. The van der Waals surface area contributed by atoms with E-state index in [0.29, 0.717) is 0 Å². The monoisotopic (exact) mass is 202 g/mol. The quantitative estimate of drug-likeness (QED) is 0.507. The second-order valence-electron chi connectivity index (χ2n) is 3.10. The Morgan fingerprint density at radius 2 is 1.64 bits per heavy atom. The Morgan fingerprint density at radius 3 is 2.14 bits per heavy atom. The van der Waals surface area contributed by atoms with Crippen LogP contribution in [0, 0.1) is 0 Å². The van der Waals surface area contributed by atoms with E-state index in [9.17, 15) is 0 Å². The summed E-state index contributed by atoms with van der Waals surface area (Å²) in [5.74, 6) is 0.966. The van der Waals surface area contributed by atoms with E-state index in [1.165, 1.54) is 0 Å². The minimum atomic E-state index is -1.20. The first-order chi connectivity index (χ1) is 6.86. The Morgan fingerprint density at radius 1 is 1.07 bits per heavy atom. The first-order valence-corrected chi connectivity index (χ1v) is 6.90. The average Bonchev–Trinajstić information content (AvgIpc) is 2.20. The molecule has 2 heteroatoms.